The van der Waals surface area contributed by atoms with Crippen LogP contribution in [0.15, 0.2) is 12.1 Å². The van der Waals surface area contributed by atoms with Crippen LogP contribution in [0.1, 0.15) is 5.69 Å². The molecule has 0 spiro atoms. The summed E-state index contributed by atoms with van der Waals surface area (Å²) in [4.78, 5) is 7.17. The fourth-order valence-corrected chi connectivity index (χ4v) is 0.938. The largest absolute Gasteiger partial charge is 0.506 e. The molecule has 1 rings (SSSR count). The summed E-state index contributed by atoms with van der Waals surface area (Å²) in [6, 6.07) is 3.43. The van der Waals surface area contributed by atoms with Gasteiger partial charge in [0, 0.05) is 0 Å². The zero-order valence-electron chi connectivity index (χ0n) is 6.54. The number of hydrogen-bond donors (Lipinski definition) is 0. The predicted octanol–water partition coefficient (Wildman–Crippen LogP) is 2.38. The number of hydrogen-bond acceptors (Lipinski definition) is 2. The molecule has 0 fully saturated rings. The van der Waals surface area contributed by atoms with Gasteiger partial charge in [-0.2, -0.15) is 0 Å². The van der Waals surface area contributed by atoms with E-state index in [1.165, 1.54) is 7.11 Å². The number of halogens is 1. The fourth-order valence-electron chi connectivity index (χ4n) is 0.789. The summed E-state index contributed by atoms with van der Waals surface area (Å²) in [6.07, 6.45) is 0. The topological polar surface area (TPSA) is 26.5 Å². The van der Waals surface area contributed by atoms with Crippen LogP contribution in [0.3, 0.4) is 0 Å². The Bertz CT molecular complexity index is 319. The van der Waals surface area contributed by atoms with Gasteiger partial charge in [0.15, 0.2) is 0 Å². The van der Waals surface area contributed by atoms with Crippen molar-refractivity contribution in [2.45, 2.75) is 5.88 Å². The highest BCUT2D eigenvalue weighted by atomic mass is 35.5. The van der Waals surface area contributed by atoms with Crippen LogP contribution in [-0.2, 0) is 5.88 Å². The molecule has 4 heteroatoms. The quantitative estimate of drug-likeness (QED) is 0.519. The Hall–Kier alpha value is -1.27. The molecule has 0 aliphatic heterocycles. The van der Waals surface area contributed by atoms with Crippen molar-refractivity contribution in [3.8, 4) is 5.75 Å². The standard InChI is InChI=1S/C8H7ClN2O/c1-10-8-7(12-2)4-3-6(5-9)11-8/h3-4H,5H2,2H3. The summed E-state index contributed by atoms with van der Waals surface area (Å²) >= 11 is 5.55. The van der Waals surface area contributed by atoms with Gasteiger partial charge < -0.3 is 9.58 Å². The molecule has 0 amide bonds. The molecule has 0 saturated carbocycles. The first-order chi connectivity index (χ1) is 5.81. The number of aromatic nitrogens is 1. The fraction of sp³-hybridized carbons (Fsp3) is 0.250. The third kappa shape index (κ3) is 1.66. The minimum Gasteiger partial charge on any atom is -0.506 e. The molecule has 12 heavy (non-hydrogen) atoms. The number of rotatable bonds is 2. The Morgan fingerprint density at radius 1 is 1.67 bits per heavy atom. The van der Waals surface area contributed by atoms with Gasteiger partial charge in [0.25, 0.3) is 0 Å². The average molecular weight is 183 g/mol. The Kier molecular flexibility index (Phi) is 2.89. The Labute approximate surface area is 75.8 Å². The summed E-state index contributed by atoms with van der Waals surface area (Å²) in [5.74, 6) is 1.06. The summed E-state index contributed by atoms with van der Waals surface area (Å²) in [5.41, 5.74) is 0.684. The van der Waals surface area contributed by atoms with Gasteiger partial charge in [-0.15, -0.1) is 16.6 Å². The summed E-state index contributed by atoms with van der Waals surface area (Å²) < 4.78 is 4.92. The summed E-state index contributed by atoms with van der Waals surface area (Å²) in [6.45, 7) is 6.80. The van der Waals surface area contributed by atoms with Crippen molar-refractivity contribution in [1.82, 2.24) is 4.98 Å². The lowest BCUT2D eigenvalue weighted by molar-refractivity contribution is 0.415. The van der Waals surface area contributed by atoms with E-state index in [1.807, 2.05) is 0 Å². The van der Waals surface area contributed by atoms with E-state index in [2.05, 4.69) is 9.83 Å². The third-order valence-electron chi connectivity index (χ3n) is 1.36. The van der Waals surface area contributed by atoms with Crippen LogP contribution < -0.4 is 4.74 Å². The maximum atomic E-state index is 6.80. The molecule has 0 unspecified atom stereocenters. The molecular formula is C8H7ClN2O. The highest BCUT2D eigenvalue weighted by molar-refractivity contribution is 6.16. The average Bonchev–Trinajstić information content (AvgIpc) is 2.16. The van der Waals surface area contributed by atoms with E-state index >= 15 is 0 Å². The monoisotopic (exact) mass is 182 g/mol. The maximum absolute atomic E-state index is 6.80. The van der Waals surface area contributed by atoms with Crippen molar-refractivity contribution in [3.63, 3.8) is 0 Å². The molecular weight excluding hydrogens is 176 g/mol. The lowest BCUT2D eigenvalue weighted by atomic mass is 10.3. The van der Waals surface area contributed by atoms with Gasteiger partial charge in [-0.1, -0.05) is 6.57 Å². The maximum Gasteiger partial charge on any atom is 0.312 e. The predicted molar refractivity (Wildman–Crippen MR) is 46.6 cm³/mol. The van der Waals surface area contributed by atoms with Crippen molar-refractivity contribution >= 4 is 17.4 Å². The van der Waals surface area contributed by atoms with Crippen molar-refractivity contribution in [2.24, 2.45) is 0 Å². The van der Waals surface area contributed by atoms with E-state index in [0.717, 1.165) is 0 Å². The first-order valence-electron chi connectivity index (χ1n) is 3.29. The van der Waals surface area contributed by atoms with Gasteiger partial charge in [-0.25, -0.2) is 0 Å². The van der Waals surface area contributed by atoms with Gasteiger partial charge in [-0.05, 0) is 12.1 Å². The molecule has 1 aromatic heterocycles. The van der Waals surface area contributed by atoms with E-state index in [0.29, 0.717) is 17.3 Å². The van der Waals surface area contributed by atoms with Gasteiger partial charge >= 0.3 is 5.82 Å². The second kappa shape index (κ2) is 3.93. The van der Waals surface area contributed by atoms with Crippen LogP contribution in [0.25, 0.3) is 4.85 Å². The number of nitrogens with zero attached hydrogens (tertiary/aromatic N) is 2. The van der Waals surface area contributed by atoms with Crippen LogP contribution in [-0.4, -0.2) is 12.1 Å². The minimum atomic E-state index is 0.260. The second-order valence-corrected chi connectivity index (χ2v) is 2.34. The smallest absolute Gasteiger partial charge is 0.312 e. The van der Waals surface area contributed by atoms with Gasteiger partial charge in [-0.3, -0.25) is 0 Å². The highest BCUT2D eigenvalue weighted by Gasteiger charge is 2.06. The first-order valence-corrected chi connectivity index (χ1v) is 3.82. The van der Waals surface area contributed by atoms with Gasteiger partial charge in [0.2, 0.25) is 0 Å². The van der Waals surface area contributed by atoms with Crippen LogP contribution in [0, 0.1) is 6.57 Å². The van der Waals surface area contributed by atoms with E-state index in [-0.39, 0.29) is 5.82 Å². The SMILES string of the molecule is [C-]#[N+]c1nc(CCl)ccc1OC. The molecule has 62 valence electrons. The highest BCUT2D eigenvalue weighted by Crippen LogP contribution is 2.24. The molecule has 0 aliphatic rings. The van der Waals surface area contributed by atoms with E-state index in [1.54, 1.807) is 12.1 Å². The molecule has 0 radical (unpaired) electrons. The minimum absolute atomic E-state index is 0.260. The number of pyridine rings is 1. The molecule has 0 aliphatic carbocycles. The second-order valence-electron chi connectivity index (χ2n) is 2.07. The van der Waals surface area contributed by atoms with Crippen LogP contribution in [0.2, 0.25) is 0 Å². The molecule has 0 atom stereocenters. The van der Waals surface area contributed by atoms with Crippen LogP contribution in [0.4, 0.5) is 5.82 Å². The lowest BCUT2D eigenvalue weighted by Crippen LogP contribution is -1.88. The molecule has 0 bridgehead atoms. The molecule has 1 aromatic rings. The summed E-state index contributed by atoms with van der Waals surface area (Å²) in [7, 11) is 1.51. The van der Waals surface area contributed by atoms with Crippen molar-refractivity contribution in [2.75, 3.05) is 7.11 Å². The van der Waals surface area contributed by atoms with E-state index in [4.69, 9.17) is 22.9 Å². The Morgan fingerprint density at radius 2 is 2.42 bits per heavy atom. The Morgan fingerprint density at radius 3 is 2.92 bits per heavy atom. The normalized spacial score (nSPS) is 9.08. The van der Waals surface area contributed by atoms with Crippen LogP contribution >= 0.6 is 11.6 Å². The number of methoxy groups -OCH3 is 1. The first kappa shape index (κ1) is 8.82. The van der Waals surface area contributed by atoms with E-state index < -0.39 is 0 Å². The zero-order valence-corrected chi connectivity index (χ0v) is 7.30. The zero-order chi connectivity index (χ0) is 8.97. The summed E-state index contributed by atoms with van der Waals surface area (Å²) in [5, 5.41) is 0. The molecule has 1 heterocycles. The molecule has 0 aromatic carbocycles. The van der Waals surface area contributed by atoms with Crippen LogP contribution in [0.5, 0.6) is 5.75 Å². The lowest BCUT2D eigenvalue weighted by Gasteiger charge is -2.00. The number of ether oxygens (including phenoxy) is 1. The molecule has 0 N–H and O–H groups in total. The Balaban J connectivity index is 3.13. The van der Waals surface area contributed by atoms with Crippen molar-refractivity contribution in [1.29, 1.82) is 0 Å². The van der Waals surface area contributed by atoms with Crippen molar-refractivity contribution in [3.05, 3.63) is 29.2 Å². The molecule has 0 saturated heterocycles. The van der Waals surface area contributed by atoms with E-state index in [9.17, 15) is 0 Å². The van der Waals surface area contributed by atoms with Gasteiger partial charge in [0.1, 0.15) is 11.4 Å². The van der Waals surface area contributed by atoms with Crippen molar-refractivity contribution < 1.29 is 4.74 Å². The molecule has 3 nitrogen and oxygen atoms in total. The van der Waals surface area contributed by atoms with Gasteiger partial charge in [0.05, 0.1) is 13.0 Å². The third-order valence-corrected chi connectivity index (χ3v) is 1.63. The number of alkyl halides is 1.